The second-order valence-corrected chi connectivity index (χ2v) is 3.76. The van der Waals surface area contributed by atoms with Crippen LogP contribution >= 0.6 is 0 Å². The van der Waals surface area contributed by atoms with Crippen molar-refractivity contribution in [2.45, 2.75) is 44.9 Å². The Morgan fingerprint density at radius 1 is 1.30 bits per heavy atom. The smallest absolute Gasteiger partial charge is 0.0285 e. The maximum absolute atomic E-state index is 2.43. The summed E-state index contributed by atoms with van der Waals surface area (Å²) in [5, 5.41) is 0. The molecule has 0 bridgehead atoms. The Morgan fingerprint density at radius 2 is 2.00 bits per heavy atom. The number of hydrogen-bond acceptors (Lipinski definition) is 0. The van der Waals surface area contributed by atoms with Crippen LogP contribution in [0.4, 0.5) is 0 Å². The highest BCUT2D eigenvalue weighted by molar-refractivity contribution is 5.12. The summed E-state index contributed by atoms with van der Waals surface area (Å²) in [5.74, 6) is 1.08. The molecule has 0 aromatic rings. The Balaban J connectivity index is 1.78. The van der Waals surface area contributed by atoms with Gasteiger partial charge in [-0.1, -0.05) is 37.3 Å². The SMILES string of the molecule is C1=C(CC2CCCC2)CC1. The largest absolute Gasteiger partial charge is 0.0850 e. The molecular weight excluding hydrogens is 120 g/mol. The Labute approximate surface area is 63.3 Å². The van der Waals surface area contributed by atoms with Gasteiger partial charge in [0.2, 0.25) is 0 Å². The average molecular weight is 136 g/mol. The quantitative estimate of drug-likeness (QED) is 0.511. The first-order chi connectivity index (χ1) is 4.95. The van der Waals surface area contributed by atoms with E-state index in [2.05, 4.69) is 6.08 Å². The van der Waals surface area contributed by atoms with Crippen LogP contribution in [-0.4, -0.2) is 0 Å². The predicted octanol–water partition coefficient (Wildman–Crippen LogP) is 3.29. The molecule has 56 valence electrons. The van der Waals surface area contributed by atoms with Crippen molar-refractivity contribution in [2.75, 3.05) is 0 Å². The minimum Gasteiger partial charge on any atom is -0.0850 e. The molecule has 0 spiro atoms. The van der Waals surface area contributed by atoms with Crippen LogP contribution in [-0.2, 0) is 0 Å². The lowest BCUT2D eigenvalue weighted by Gasteiger charge is -2.17. The van der Waals surface area contributed by atoms with Crippen molar-refractivity contribution >= 4 is 0 Å². The van der Waals surface area contributed by atoms with E-state index in [1.807, 2.05) is 0 Å². The molecule has 2 rings (SSSR count). The molecule has 2 aliphatic carbocycles. The minimum absolute atomic E-state index is 1.08. The molecule has 0 unspecified atom stereocenters. The van der Waals surface area contributed by atoms with Crippen LogP contribution in [0.15, 0.2) is 11.6 Å². The summed E-state index contributed by atoms with van der Waals surface area (Å²) in [7, 11) is 0. The first kappa shape index (κ1) is 6.45. The normalized spacial score (nSPS) is 26.2. The molecule has 0 aromatic carbocycles. The third kappa shape index (κ3) is 1.25. The van der Waals surface area contributed by atoms with Crippen molar-refractivity contribution in [2.24, 2.45) is 5.92 Å². The molecule has 0 aromatic heterocycles. The molecular formula is C10H16. The summed E-state index contributed by atoms with van der Waals surface area (Å²) < 4.78 is 0. The van der Waals surface area contributed by atoms with Gasteiger partial charge in [0.05, 0.1) is 0 Å². The van der Waals surface area contributed by atoms with Gasteiger partial charge in [0.15, 0.2) is 0 Å². The summed E-state index contributed by atoms with van der Waals surface area (Å²) >= 11 is 0. The molecule has 0 N–H and O–H groups in total. The van der Waals surface area contributed by atoms with Gasteiger partial charge in [-0.25, -0.2) is 0 Å². The topological polar surface area (TPSA) is 0 Å². The molecule has 0 amide bonds. The van der Waals surface area contributed by atoms with Gasteiger partial charge >= 0.3 is 0 Å². The van der Waals surface area contributed by atoms with E-state index in [1.165, 1.54) is 44.9 Å². The highest BCUT2D eigenvalue weighted by Crippen LogP contribution is 2.34. The van der Waals surface area contributed by atoms with Crippen LogP contribution < -0.4 is 0 Å². The maximum Gasteiger partial charge on any atom is -0.0285 e. The third-order valence-electron chi connectivity index (χ3n) is 2.92. The summed E-state index contributed by atoms with van der Waals surface area (Å²) in [6, 6.07) is 0. The zero-order valence-corrected chi connectivity index (χ0v) is 6.60. The van der Waals surface area contributed by atoms with Crippen molar-refractivity contribution in [3.8, 4) is 0 Å². The van der Waals surface area contributed by atoms with Crippen molar-refractivity contribution in [3.05, 3.63) is 11.6 Å². The molecule has 1 fully saturated rings. The fourth-order valence-electron chi connectivity index (χ4n) is 2.12. The van der Waals surface area contributed by atoms with E-state index in [1.54, 1.807) is 5.57 Å². The minimum atomic E-state index is 1.08. The van der Waals surface area contributed by atoms with Gasteiger partial charge in [0, 0.05) is 0 Å². The summed E-state index contributed by atoms with van der Waals surface area (Å²) in [5.41, 5.74) is 1.76. The molecule has 0 radical (unpaired) electrons. The zero-order valence-electron chi connectivity index (χ0n) is 6.60. The van der Waals surface area contributed by atoms with E-state index in [-0.39, 0.29) is 0 Å². The van der Waals surface area contributed by atoms with Crippen molar-refractivity contribution in [1.82, 2.24) is 0 Å². The maximum atomic E-state index is 2.43. The van der Waals surface area contributed by atoms with E-state index < -0.39 is 0 Å². The molecule has 10 heavy (non-hydrogen) atoms. The van der Waals surface area contributed by atoms with Gasteiger partial charge in [-0.15, -0.1) is 0 Å². The second-order valence-electron chi connectivity index (χ2n) is 3.76. The Kier molecular flexibility index (Phi) is 1.79. The summed E-state index contributed by atoms with van der Waals surface area (Å²) in [6.45, 7) is 0. The number of allylic oxidation sites excluding steroid dienone is 2. The van der Waals surface area contributed by atoms with Gasteiger partial charge < -0.3 is 0 Å². The van der Waals surface area contributed by atoms with E-state index in [0.717, 1.165) is 5.92 Å². The van der Waals surface area contributed by atoms with Crippen LogP contribution in [0, 0.1) is 5.92 Å². The highest BCUT2D eigenvalue weighted by atomic mass is 14.2. The predicted molar refractivity (Wildman–Crippen MR) is 43.9 cm³/mol. The van der Waals surface area contributed by atoms with Gasteiger partial charge in [-0.3, -0.25) is 0 Å². The van der Waals surface area contributed by atoms with Crippen molar-refractivity contribution in [3.63, 3.8) is 0 Å². The van der Waals surface area contributed by atoms with Gasteiger partial charge in [0.25, 0.3) is 0 Å². The molecule has 0 atom stereocenters. The monoisotopic (exact) mass is 136 g/mol. The van der Waals surface area contributed by atoms with Crippen LogP contribution in [0.3, 0.4) is 0 Å². The zero-order chi connectivity index (χ0) is 6.81. The Hall–Kier alpha value is -0.260. The lowest BCUT2D eigenvalue weighted by molar-refractivity contribution is 0.523. The summed E-state index contributed by atoms with van der Waals surface area (Å²) in [6.07, 6.45) is 12.7. The fraction of sp³-hybridized carbons (Fsp3) is 0.800. The third-order valence-corrected chi connectivity index (χ3v) is 2.92. The molecule has 0 aliphatic heterocycles. The lowest BCUT2D eigenvalue weighted by atomic mass is 9.89. The average Bonchev–Trinajstić information content (AvgIpc) is 2.29. The molecule has 0 heterocycles. The number of hydrogen-bond donors (Lipinski definition) is 0. The van der Waals surface area contributed by atoms with E-state index >= 15 is 0 Å². The lowest BCUT2D eigenvalue weighted by Crippen LogP contribution is -2.00. The van der Waals surface area contributed by atoms with Crippen LogP contribution in [0.25, 0.3) is 0 Å². The molecule has 2 aliphatic rings. The van der Waals surface area contributed by atoms with Crippen LogP contribution in [0.1, 0.15) is 44.9 Å². The van der Waals surface area contributed by atoms with Gasteiger partial charge in [0.1, 0.15) is 0 Å². The summed E-state index contributed by atoms with van der Waals surface area (Å²) in [4.78, 5) is 0. The van der Waals surface area contributed by atoms with Crippen molar-refractivity contribution in [1.29, 1.82) is 0 Å². The fourth-order valence-corrected chi connectivity index (χ4v) is 2.12. The first-order valence-electron chi connectivity index (χ1n) is 4.63. The van der Waals surface area contributed by atoms with Crippen LogP contribution in [0.2, 0.25) is 0 Å². The van der Waals surface area contributed by atoms with Gasteiger partial charge in [-0.2, -0.15) is 0 Å². The number of rotatable bonds is 2. The van der Waals surface area contributed by atoms with Gasteiger partial charge in [-0.05, 0) is 25.2 Å². The van der Waals surface area contributed by atoms with Crippen molar-refractivity contribution < 1.29 is 0 Å². The van der Waals surface area contributed by atoms with E-state index in [4.69, 9.17) is 0 Å². The molecule has 1 saturated carbocycles. The Morgan fingerprint density at radius 3 is 2.50 bits per heavy atom. The van der Waals surface area contributed by atoms with E-state index in [0.29, 0.717) is 0 Å². The molecule has 0 nitrogen and oxygen atoms in total. The molecule has 0 saturated heterocycles. The van der Waals surface area contributed by atoms with E-state index in [9.17, 15) is 0 Å². The van der Waals surface area contributed by atoms with Crippen LogP contribution in [0.5, 0.6) is 0 Å². The first-order valence-corrected chi connectivity index (χ1v) is 4.63. The standard InChI is InChI=1S/C10H16/c1-2-5-9(4-1)8-10-6-3-7-10/h6,9H,1-5,7-8H2. The highest BCUT2D eigenvalue weighted by Gasteiger charge is 2.17. The Bertz CT molecular complexity index is 138. The molecule has 0 heteroatoms. The second kappa shape index (κ2) is 2.77.